The van der Waals surface area contributed by atoms with Gasteiger partial charge in [0.15, 0.2) is 0 Å². The van der Waals surface area contributed by atoms with Gasteiger partial charge in [-0.05, 0) is 45.2 Å². The predicted molar refractivity (Wildman–Crippen MR) is 123 cm³/mol. The van der Waals surface area contributed by atoms with Crippen molar-refractivity contribution >= 4 is 11.7 Å². The van der Waals surface area contributed by atoms with Gasteiger partial charge in [0, 0.05) is 35.6 Å². The summed E-state index contributed by atoms with van der Waals surface area (Å²) < 4.78 is 41.9. The zero-order valence-corrected chi connectivity index (χ0v) is 19.9. The molecule has 4 rings (SSSR count). The summed E-state index contributed by atoms with van der Waals surface area (Å²) >= 11 is 0. The molecule has 11 heteroatoms. The van der Waals surface area contributed by atoms with E-state index in [9.17, 15) is 18.0 Å². The molecular formula is C24H26F3N7O. The molecule has 0 bridgehead atoms. The number of hydrogen-bond acceptors (Lipinski definition) is 5. The number of nitrogens with one attached hydrogen (secondary N) is 1. The number of nitrogens with zero attached hydrogens (tertiary/aromatic N) is 6. The van der Waals surface area contributed by atoms with Gasteiger partial charge in [0.1, 0.15) is 0 Å². The molecule has 8 nitrogen and oxygen atoms in total. The fourth-order valence-electron chi connectivity index (χ4n) is 4.10. The van der Waals surface area contributed by atoms with Crippen molar-refractivity contribution in [3.63, 3.8) is 0 Å². The normalized spacial score (nSPS) is 11.9. The number of hydrogen-bond donors (Lipinski definition) is 1. The maximum absolute atomic E-state index is 13.0. The second-order valence-corrected chi connectivity index (χ2v) is 8.48. The van der Waals surface area contributed by atoms with Crippen molar-refractivity contribution in [2.45, 2.75) is 59.8 Å². The number of aryl methyl sites for hydroxylation is 3. The molecule has 184 valence electrons. The monoisotopic (exact) mass is 485 g/mol. The lowest BCUT2D eigenvalue weighted by atomic mass is 10.1. The Bertz CT molecular complexity index is 1370. The molecule has 0 spiro atoms. The smallest absolute Gasteiger partial charge is 0.352 e. The van der Waals surface area contributed by atoms with E-state index < -0.39 is 12.0 Å². The van der Waals surface area contributed by atoms with Gasteiger partial charge in [-0.1, -0.05) is 30.3 Å². The van der Waals surface area contributed by atoms with Gasteiger partial charge in [-0.25, -0.2) is 9.50 Å². The van der Waals surface area contributed by atoms with E-state index in [0.29, 0.717) is 36.5 Å². The summed E-state index contributed by atoms with van der Waals surface area (Å²) in [5, 5.41) is 11.1. The molecule has 1 amide bonds. The number of aromatic nitrogens is 6. The molecule has 3 heterocycles. The first-order chi connectivity index (χ1) is 16.5. The number of alkyl halides is 3. The largest absolute Gasteiger partial charge is 0.453 e. The minimum atomic E-state index is -4.65. The van der Waals surface area contributed by atoms with Gasteiger partial charge in [-0.2, -0.15) is 23.3 Å². The van der Waals surface area contributed by atoms with Crippen molar-refractivity contribution in [1.29, 1.82) is 0 Å². The summed E-state index contributed by atoms with van der Waals surface area (Å²) in [7, 11) is 0. The van der Waals surface area contributed by atoms with Gasteiger partial charge < -0.3 is 5.32 Å². The van der Waals surface area contributed by atoms with Gasteiger partial charge in [0.05, 0.1) is 12.2 Å². The molecule has 0 saturated carbocycles. The maximum Gasteiger partial charge on any atom is 0.453 e. The number of amides is 1. The molecule has 3 aromatic heterocycles. The van der Waals surface area contributed by atoms with Crippen LogP contribution in [0.4, 0.5) is 13.2 Å². The Labute approximate surface area is 200 Å². The number of halogens is 3. The standard InChI is InChI=1S/C24H26F3N7O/c1-14-19(17(4)34-23(29-14)30-22(32-34)24(25,26)27)10-11-21(35)28-12-20-15(2)31-33(16(20)3)13-18-8-6-5-7-9-18/h5-9H,10-13H2,1-4H3,(H,28,35). The Morgan fingerprint density at radius 3 is 2.34 bits per heavy atom. The molecule has 0 aliphatic heterocycles. The fraction of sp³-hybridized carbons (Fsp3) is 0.375. The van der Waals surface area contributed by atoms with E-state index in [1.165, 1.54) is 0 Å². The van der Waals surface area contributed by atoms with Crippen LogP contribution in [0.25, 0.3) is 5.78 Å². The van der Waals surface area contributed by atoms with Crippen molar-refractivity contribution in [3.8, 4) is 0 Å². The summed E-state index contributed by atoms with van der Waals surface area (Å²) in [6.45, 7) is 8.22. The Balaban J connectivity index is 1.41. The van der Waals surface area contributed by atoms with Gasteiger partial charge in [-0.3, -0.25) is 9.48 Å². The highest BCUT2D eigenvalue weighted by molar-refractivity contribution is 5.76. The van der Waals surface area contributed by atoms with Crippen molar-refractivity contribution in [3.05, 3.63) is 75.6 Å². The van der Waals surface area contributed by atoms with E-state index in [1.54, 1.807) is 13.8 Å². The number of rotatable bonds is 7. The molecular weight excluding hydrogens is 459 g/mol. The minimum absolute atomic E-state index is 0.112. The van der Waals surface area contributed by atoms with E-state index >= 15 is 0 Å². The molecule has 4 aromatic rings. The average Bonchev–Trinajstić information content (AvgIpc) is 3.34. The van der Waals surface area contributed by atoms with Crippen LogP contribution < -0.4 is 5.32 Å². The topological polar surface area (TPSA) is 90.0 Å². The highest BCUT2D eigenvalue weighted by Gasteiger charge is 2.37. The number of fused-ring (bicyclic) bond motifs is 1. The second-order valence-electron chi connectivity index (χ2n) is 8.48. The van der Waals surface area contributed by atoms with E-state index in [-0.39, 0.29) is 18.1 Å². The third-order valence-electron chi connectivity index (χ3n) is 6.07. The lowest BCUT2D eigenvalue weighted by molar-refractivity contribution is -0.144. The quantitative estimate of drug-likeness (QED) is 0.429. The first-order valence-electron chi connectivity index (χ1n) is 11.2. The van der Waals surface area contributed by atoms with Crippen LogP contribution in [0.3, 0.4) is 0 Å². The van der Waals surface area contributed by atoms with E-state index in [1.807, 2.05) is 48.9 Å². The zero-order valence-electron chi connectivity index (χ0n) is 19.9. The summed E-state index contributed by atoms with van der Waals surface area (Å²) in [4.78, 5) is 20.2. The SMILES string of the molecule is Cc1nn(Cc2ccccc2)c(C)c1CNC(=O)CCc1c(C)nc2nc(C(F)(F)F)nn2c1C. The third-order valence-corrected chi connectivity index (χ3v) is 6.07. The van der Waals surface area contributed by atoms with Crippen LogP contribution >= 0.6 is 0 Å². The summed E-state index contributed by atoms with van der Waals surface area (Å²) in [5.74, 6) is -1.52. The molecule has 0 atom stereocenters. The van der Waals surface area contributed by atoms with E-state index in [4.69, 9.17) is 0 Å². The molecule has 0 unspecified atom stereocenters. The Morgan fingerprint density at radius 1 is 0.943 bits per heavy atom. The second kappa shape index (κ2) is 9.47. The average molecular weight is 486 g/mol. The molecule has 0 radical (unpaired) electrons. The minimum Gasteiger partial charge on any atom is -0.352 e. The van der Waals surface area contributed by atoms with Crippen LogP contribution in [-0.4, -0.2) is 35.3 Å². The first kappa shape index (κ1) is 24.4. The van der Waals surface area contributed by atoms with E-state index in [2.05, 4.69) is 25.5 Å². The molecule has 1 N–H and O–H groups in total. The number of carbonyl (C=O) groups excluding carboxylic acids is 1. The van der Waals surface area contributed by atoms with Crippen molar-refractivity contribution < 1.29 is 18.0 Å². The predicted octanol–water partition coefficient (Wildman–Crippen LogP) is 3.87. The fourth-order valence-corrected chi connectivity index (χ4v) is 4.10. The van der Waals surface area contributed by atoms with Crippen LogP contribution in [0, 0.1) is 27.7 Å². The van der Waals surface area contributed by atoms with Crippen molar-refractivity contribution in [2.24, 2.45) is 0 Å². The van der Waals surface area contributed by atoms with Gasteiger partial charge in [-0.15, -0.1) is 5.10 Å². The van der Waals surface area contributed by atoms with Crippen LogP contribution in [0.1, 0.15) is 51.7 Å². The Hall–Kier alpha value is -3.76. The number of benzene rings is 1. The van der Waals surface area contributed by atoms with Crippen LogP contribution in [0.5, 0.6) is 0 Å². The van der Waals surface area contributed by atoms with Gasteiger partial charge >= 0.3 is 6.18 Å². The Kier molecular flexibility index (Phi) is 6.60. The molecule has 0 aliphatic rings. The summed E-state index contributed by atoms with van der Waals surface area (Å²) in [6, 6.07) is 10.0. The Morgan fingerprint density at radius 2 is 1.66 bits per heavy atom. The summed E-state index contributed by atoms with van der Waals surface area (Å²) in [5.41, 5.74) is 5.63. The van der Waals surface area contributed by atoms with Gasteiger partial charge in [0.2, 0.25) is 5.91 Å². The molecule has 35 heavy (non-hydrogen) atoms. The zero-order chi connectivity index (χ0) is 25.3. The van der Waals surface area contributed by atoms with Crippen LogP contribution in [0.15, 0.2) is 30.3 Å². The lowest BCUT2D eigenvalue weighted by Crippen LogP contribution is -2.24. The third kappa shape index (κ3) is 5.18. The highest BCUT2D eigenvalue weighted by Crippen LogP contribution is 2.27. The molecule has 0 fully saturated rings. The summed E-state index contributed by atoms with van der Waals surface area (Å²) in [6.07, 6.45) is -4.18. The van der Waals surface area contributed by atoms with Crippen LogP contribution in [0.2, 0.25) is 0 Å². The van der Waals surface area contributed by atoms with Crippen molar-refractivity contribution in [1.82, 2.24) is 34.7 Å². The maximum atomic E-state index is 13.0. The number of carbonyl (C=O) groups is 1. The highest BCUT2D eigenvalue weighted by atomic mass is 19.4. The molecule has 0 aliphatic carbocycles. The van der Waals surface area contributed by atoms with Gasteiger partial charge in [0.25, 0.3) is 11.6 Å². The first-order valence-corrected chi connectivity index (χ1v) is 11.2. The molecule has 1 aromatic carbocycles. The molecule has 0 saturated heterocycles. The van der Waals surface area contributed by atoms with E-state index in [0.717, 1.165) is 27.0 Å². The lowest BCUT2D eigenvalue weighted by Gasteiger charge is -2.11. The van der Waals surface area contributed by atoms with Crippen LogP contribution in [-0.2, 0) is 30.5 Å². The van der Waals surface area contributed by atoms with Crippen molar-refractivity contribution in [2.75, 3.05) is 0 Å².